The van der Waals surface area contributed by atoms with Gasteiger partial charge >= 0.3 is 5.97 Å². The SMILES string of the molecule is C=CCOC1(C)CCN(c2c([C@H](OC(C)(C)C)C(=O)O)c(C)nc3cc(COCc4ccc(Cl)cc4O[C@@H](C)CC=C)nn23)CC1. The molecule has 250 valence electrons. The highest BCUT2D eigenvalue weighted by Crippen LogP contribution is 2.38. The van der Waals surface area contributed by atoms with Gasteiger partial charge in [0.15, 0.2) is 11.8 Å². The fraction of sp³-hybridized carbons (Fsp3) is 0.514. The van der Waals surface area contributed by atoms with Crippen LogP contribution < -0.4 is 9.64 Å². The minimum absolute atomic E-state index is 0.0619. The van der Waals surface area contributed by atoms with E-state index in [1.165, 1.54) is 0 Å². The number of halogens is 1. The summed E-state index contributed by atoms with van der Waals surface area (Å²) in [6.07, 6.45) is 4.46. The minimum atomic E-state index is -1.24. The summed E-state index contributed by atoms with van der Waals surface area (Å²) in [4.78, 5) is 19.6. The normalized spacial score (nSPS) is 16.3. The second-order valence-electron chi connectivity index (χ2n) is 13.0. The molecule has 1 aliphatic heterocycles. The van der Waals surface area contributed by atoms with Crippen molar-refractivity contribution < 1.29 is 28.8 Å². The largest absolute Gasteiger partial charge is 0.490 e. The summed E-state index contributed by atoms with van der Waals surface area (Å²) >= 11 is 6.25. The van der Waals surface area contributed by atoms with Gasteiger partial charge in [0.05, 0.1) is 48.4 Å². The van der Waals surface area contributed by atoms with E-state index in [0.717, 1.165) is 18.4 Å². The van der Waals surface area contributed by atoms with Crippen LogP contribution in [-0.2, 0) is 32.2 Å². The summed E-state index contributed by atoms with van der Waals surface area (Å²) in [6, 6.07) is 7.35. The predicted molar refractivity (Wildman–Crippen MR) is 180 cm³/mol. The Morgan fingerprint density at radius 2 is 1.89 bits per heavy atom. The summed E-state index contributed by atoms with van der Waals surface area (Å²) in [5.74, 6) is 0.227. The third-order valence-electron chi connectivity index (χ3n) is 7.85. The lowest BCUT2D eigenvalue weighted by Crippen LogP contribution is -2.45. The molecule has 11 heteroatoms. The molecule has 3 aromatic rings. The zero-order valence-electron chi connectivity index (χ0n) is 27.8. The van der Waals surface area contributed by atoms with Crippen LogP contribution in [0.4, 0.5) is 5.82 Å². The summed E-state index contributed by atoms with van der Waals surface area (Å²) in [6.45, 7) is 21.2. The zero-order chi connectivity index (χ0) is 33.6. The molecule has 0 unspecified atom stereocenters. The van der Waals surface area contributed by atoms with Crippen molar-refractivity contribution in [1.29, 1.82) is 0 Å². The predicted octanol–water partition coefficient (Wildman–Crippen LogP) is 7.25. The highest BCUT2D eigenvalue weighted by Gasteiger charge is 2.37. The van der Waals surface area contributed by atoms with Crippen molar-refractivity contribution in [2.75, 3.05) is 24.6 Å². The summed E-state index contributed by atoms with van der Waals surface area (Å²) in [5, 5.41) is 15.8. The third-order valence-corrected chi connectivity index (χ3v) is 8.08. The Hall–Kier alpha value is -3.44. The summed E-state index contributed by atoms with van der Waals surface area (Å²) in [5.41, 5.74) is 2.15. The lowest BCUT2D eigenvalue weighted by atomic mass is 9.92. The third kappa shape index (κ3) is 8.88. The Labute approximate surface area is 276 Å². The maximum atomic E-state index is 12.7. The molecule has 0 radical (unpaired) electrons. The molecule has 4 rings (SSSR count). The van der Waals surface area contributed by atoms with E-state index in [-0.39, 0.29) is 24.9 Å². The first-order valence-electron chi connectivity index (χ1n) is 15.7. The molecule has 46 heavy (non-hydrogen) atoms. The van der Waals surface area contributed by atoms with E-state index in [2.05, 4.69) is 25.0 Å². The first-order chi connectivity index (χ1) is 21.7. The standard InChI is InChI=1S/C35H47ClN4O6/c1-9-11-23(3)45-28-19-26(36)13-12-25(28)21-43-22-27-20-29-37-24(4)30(31(33(41)42)46-34(5,6)7)32(40(29)38-27)39-16-14-35(8,15-17-39)44-18-10-2/h9-10,12-13,19-20,23,31H,1-2,11,14-18,21-22H2,3-8H3,(H,41,42)/t23-,31-/m0/s1. The first-order valence-corrected chi connectivity index (χ1v) is 16.0. The number of aromatic nitrogens is 3. The number of piperidine rings is 1. The van der Waals surface area contributed by atoms with Crippen molar-refractivity contribution in [2.24, 2.45) is 0 Å². The van der Waals surface area contributed by atoms with E-state index in [4.69, 9.17) is 40.6 Å². The number of nitrogens with zero attached hydrogens (tertiary/aromatic N) is 4. The lowest BCUT2D eigenvalue weighted by molar-refractivity contribution is -0.160. The second kappa shape index (κ2) is 15.0. The van der Waals surface area contributed by atoms with Crippen molar-refractivity contribution in [3.63, 3.8) is 0 Å². The van der Waals surface area contributed by atoms with Crippen LogP contribution >= 0.6 is 11.6 Å². The summed E-state index contributed by atoms with van der Waals surface area (Å²) in [7, 11) is 0. The molecule has 1 aromatic carbocycles. The van der Waals surface area contributed by atoms with Crippen molar-refractivity contribution in [2.45, 2.75) is 97.4 Å². The van der Waals surface area contributed by atoms with Crippen LogP contribution in [0, 0.1) is 6.92 Å². The summed E-state index contributed by atoms with van der Waals surface area (Å²) < 4.78 is 26.2. The van der Waals surface area contributed by atoms with Crippen molar-refractivity contribution in [1.82, 2.24) is 14.6 Å². The van der Waals surface area contributed by atoms with Gasteiger partial charge in [-0.1, -0.05) is 29.8 Å². The fourth-order valence-electron chi connectivity index (χ4n) is 5.55. The van der Waals surface area contributed by atoms with Crippen molar-refractivity contribution >= 4 is 29.0 Å². The number of anilines is 1. The van der Waals surface area contributed by atoms with Gasteiger partial charge in [-0.2, -0.15) is 9.61 Å². The number of rotatable bonds is 15. The Balaban J connectivity index is 1.67. The number of ether oxygens (including phenoxy) is 4. The molecule has 2 atom stereocenters. The molecule has 0 saturated carbocycles. The average Bonchev–Trinajstić information content (AvgIpc) is 3.37. The number of carboxylic acid groups (broad SMARTS) is 1. The number of aliphatic carboxylic acids is 1. The zero-order valence-corrected chi connectivity index (χ0v) is 28.6. The molecule has 1 N–H and O–H groups in total. The van der Waals surface area contributed by atoms with Crippen LogP contribution in [-0.4, -0.2) is 62.7 Å². The Morgan fingerprint density at radius 1 is 1.17 bits per heavy atom. The highest BCUT2D eigenvalue weighted by molar-refractivity contribution is 6.30. The molecule has 1 aliphatic rings. The van der Waals surface area contributed by atoms with E-state index in [0.29, 0.717) is 65.3 Å². The van der Waals surface area contributed by atoms with Crippen LogP contribution in [0.5, 0.6) is 5.75 Å². The minimum Gasteiger partial charge on any atom is -0.490 e. The van der Waals surface area contributed by atoms with Crippen LogP contribution in [0.2, 0.25) is 5.02 Å². The van der Waals surface area contributed by atoms with Gasteiger partial charge in [-0.05, 0) is 66.5 Å². The van der Waals surface area contributed by atoms with Crippen LogP contribution in [0.1, 0.15) is 82.5 Å². The maximum Gasteiger partial charge on any atom is 0.337 e. The quantitative estimate of drug-likeness (QED) is 0.170. The van der Waals surface area contributed by atoms with E-state index in [1.807, 2.05) is 52.8 Å². The van der Waals surface area contributed by atoms with Gasteiger partial charge < -0.3 is 29.0 Å². The van der Waals surface area contributed by atoms with E-state index in [1.54, 1.807) is 22.7 Å². The van der Waals surface area contributed by atoms with Crippen LogP contribution in [0.25, 0.3) is 5.65 Å². The monoisotopic (exact) mass is 654 g/mol. The van der Waals surface area contributed by atoms with Gasteiger partial charge in [-0.25, -0.2) is 9.78 Å². The average molecular weight is 655 g/mol. The molecule has 2 aromatic heterocycles. The smallest absolute Gasteiger partial charge is 0.337 e. The van der Waals surface area contributed by atoms with Gasteiger partial charge in [0.2, 0.25) is 0 Å². The van der Waals surface area contributed by atoms with Gasteiger partial charge in [0, 0.05) is 41.9 Å². The Morgan fingerprint density at radius 3 is 2.52 bits per heavy atom. The molecule has 10 nitrogen and oxygen atoms in total. The van der Waals surface area contributed by atoms with Crippen LogP contribution in [0.15, 0.2) is 49.6 Å². The van der Waals surface area contributed by atoms with Gasteiger partial charge in [0.1, 0.15) is 11.6 Å². The number of fused-ring (bicyclic) bond motifs is 1. The molecule has 0 aliphatic carbocycles. The molecule has 1 saturated heterocycles. The number of hydrogen-bond donors (Lipinski definition) is 1. The number of aryl methyl sites for hydroxylation is 1. The molecule has 0 amide bonds. The molecular formula is C35H47ClN4O6. The Kier molecular flexibility index (Phi) is 11.5. The Bertz CT molecular complexity index is 1540. The van der Waals surface area contributed by atoms with Crippen LogP contribution in [0.3, 0.4) is 0 Å². The molecular weight excluding hydrogens is 608 g/mol. The van der Waals surface area contributed by atoms with Crippen molar-refractivity contribution in [3.05, 3.63) is 77.1 Å². The number of carbonyl (C=O) groups is 1. The lowest BCUT2D eigenvalue weighted by Gasteiger charge is -2.41. The molecule has 0 bridgehead atoms. The topological polar surface area (TPSA) is 108 Å². The second-order valence-corrected chi connectivity index (χ2v) is 13.5. The van der Waals surface area contributed by atoms with Gasteiger partial charge in [-0.15, -0.1) is 13.2 Å². The molecule has 1 fully saturated rings. The number of carboxylic acids is 1. The first kappa shape index (κ1) is 35.4. The molecule has 3 heterocycles. The highest BCUT2D eigenvalue weighted by atomic mass is 35.5. The number of hydrogen-bond acceptors (Lipinski definition) is 8. The van der Waals surface area contributed by atoms with E-state index < -0.39 is 17.7 Å². The molecule has 0 spiro atoms. The van der Waals surface area contributed by atoms with Gasteiger partial charge in [0.25, 0.3) is 0 Å². The van der Waals surface area contributed by atoms with Crippen molar-refractivity contribution in [3.8, 4) is 5.75 Å². The number of benzene rings is 1. The fourth-order valence-corrected chi connectivity index (χ4v) is 5.71. The van der Waals surface area contributed by atoms with E-state index >= 15 is 0 Å². The maximum absolute atomic E-state index is 12.7. The van der Waals surface area contributed by atoms with E-state index in [9.17, 15) is 9.90 Å². The van der Waals surface area contributed by atoms with Gasteiger partial charge in [-0.3, -0.25) is 0 Å².